The molecule has 6 nitrogen and oxygen atoms in total. The van der Waals surface area contributed by atoms with Crippen LogP contribution in [-0.2, 0) is 0 Å². The molecule has 0 aliphatic rings. The van der Waals surface area contributed by atoms with Gasteiger partial charge in [0.2, 0.25) is 0 Å². The molecule has 4 rings (SSSR count). The number of hydrogen-bond donors (Lipinski definition) is 2. The summed E-state index contributed by atoms with van der Waals surface area (Å²) in [7, 11) is 0. The first-order chi connectivity index (χ1) is 13.8. The van der Waals surface area contributed by atoms with E-state index in [0.717, 1.165) is 21.0 Å². The van der Waals surface area contributed by atoms with Crippen LogP contribution in [-0.4, -0.2) is 32.8 Å². The van der Waals surface area contributed by atoms with Crippen molar-refractivity contribution in [3.8, 4) is 26.8 Å². The quantitative estimate of drug-likeness (QED) is 0.527. The molecule has 0 fully saturated rings. The van der Waals surface area contributed by atoms with Gasteiger partial charge in [0.15, 0.2) is 5.82 Å². The fourth-order valence-electron chi connectivity index (χ4n) is 2.80. The predicted molar refractivity (Wildman–Crippen MR) is 112 cm³/mol. The lowest BCUT2D eigenvalue weighted by molar-refractivity contribution is 0.311. The van der Waals surface area contributed by atoms with Gasteiger partial charge < -0.3 is 10.4 Å². The van der Waals surface area contributed by atoms with Crippen molar-refractivity contribution in [1.29, 1.82) is 0 Å². The largest absolute Gasteiger partial charge is 0.395 e. The Morgan fingerprint density at radius 1 is 0.929 bits per heavy atom. The van der Waals surface area contributed by atoms with Crippen molar-refractivity contribution in [2.24, 2.45) is 0 Å². The second-order valence-corrected chi connectivity index (χ2v) is 7.02. The van der Waals surface area contributed by atoms with Gasteiger partial charge in [-0.3, -0.25) is 4.57 Å². The van der Waals surface area contributed by atoms with E-state index >= 15 is 0 Å². The van der Waals surface area contributed by atoms with Crippen LogP contribution in [0.5, 0.6) is 0 Å². The van der Waals surface area contributed by atoms with Crippen molar-refractivity contribution in [2.75, 3.05) is 18.5 Å². The van der Waals surface area contributed by atoms with Crippen molar-refractivity contribution < 1.29 is 5.11 Å². The third-order valence-corrected chi connectivity index (χ3v) is 5.26. The van der Waals surface area contributed by atoms with Crippen LogP contribution in [0.15, 0.2) is 77.7 Å². The maximum atomic E-state index is 12.6. The van der Waals surface area contributed by atoms with E-state index in [1.54, 1.807) is 23.6 Å². The van der Waals surface area contributed by atoms with E-state index in [9.17, 15) is 4.79 Å². The molecule has 0 saturated carbocycles. The molecule has 0 aliphatic heterocycles. The highest BCUT2D eigenvalue weighted by atomic mass is 32.1. The van der Waals surface area contributed by atoms with Crippen LogP contribution in [0.2, 0.25) is 0 Å². The first-order valence-electron chi connectivity index (χ1n) is 8.83. The lowest BCUT2D eigenvalue weighted by atomic mass is 10.2. The number of thiazole rings is 1. The molecule has 0 atom stereocenters. The molecule has 140 valence electrons. The molecule has 0 bridgehead atoms. The summed E-state index contributed by atoms with van der Waals surface area (Å²) in [6.45, 7) is 0.302. The Kier molecular flexibility index (Phi) is 5.27. The topological polar surface area (TPSA) is 80.0 Å². The summed E-state index contributed by atoms with van der Waals surface area (Å²) in [4.78, 5) is 22.4. The van der Waals surface area contributed by atoms with Crippen LogP contribution in [0.25, 0.3) is 26.8 Å². The lowest BCUT2D eigenvalue weighted by Crippen LogP contribution is -2.23. The van der Waals surface area contributed by atoms with Crippen LogP contribution >= 0.6 is 11.3 Å². The van der Waals surface area contributed by atoms with E-state index in [-0.39, 0.29) is 6.61 Å². The Hall–Kier alpha value is -3.29. The predicted octanol–water partition coefficient (Wildman–Crippen LogP) is 3.43. The van der Waals surface area contributed by atoms with Crippen LogP contribution in [0.4, 0.5) is 5.82 Å². The number of anilines is 1. The highest BCUT2D eigenvalue weighted by Crippen LogP contribution is 2.36. The number of nitrogens with zero attached hydrogens (tertiary/aromatic N) is 3. The summed E-state index contributed by atoms with van der Waals surface area (Å²) in [6, 6.07) is 21.5. The molecule has 0 amide bonds. The minimum atomic E-state index is -0.426. The van der Waals surface area contributed by atoms with Gasteiger partial charge in [-0.15, -0.1) is 11.3 Å². The molecule has 7 heteroatoms. The summed E-state index contributed by atoms with van der Waals surface area (Å²) in [5.41, 5.74) is 1.56. The van der Waals surface area contributed by atoms with Gasteiger partial charge in [0.05, 0.1) is 11.5 Å². The van der Waals surface area contributed by atoms with Crippen LogP contribution < -0.4 is 11.0 Å². The van der Waals surface area contributed by atoms with Crippen LogP contribution in [0.3, 0.4) is 0 Å². The zero-order chi connectivity index (χ0) is 19.3. The van der Waals surface area contributed by atoms with Gasteiger partial charge in [-0.05, 0) is 11.6 Å². The summed E-state index contributed by atoms with van der Waals surface area (Å²) >= 11 is 1.54. The molecule has 2 aromatic carbocycles. The van der Waals surface area contributed by atoms with E-state index in [1.807, 2.05) is 60.7 Å². The third kappa shape index (κ3) is 3.71. The van der Waals surface area contributed by atoms with Gasteiger partial charge in [-0.2, -0.15) is 4.98 Å². The summed E-state index contributed by atoms with van der Waals surface area (Å²) in [6.07, 6.45) is 1.66. The Morgan fingerprint density at radius 3 is 2.25 bits per heavy atom. The number of aromatic nitrogens is 3. The minimum Gasteiger partial charge on any atom is -0.395 e. The molecule has 2 aromatic heterocycles. The smallest absolute Gasteiger partial charge is 0.355 e. The van der Waals surface area contributed by atoms with Gasteiger partial charge in [0.1, 0.15) is 10.8 Å². The fourth-order valence-corrected chi connectivity index (χ4v) is 3.87. The van der Waals surface area contributed by atoms with E-state index in [1.165, 1.54) is 4.57 Å². The number of benzene rings is 2. The molecule has 0 unspecified atom stereocenters. The van der Waals surface area contributed by atoms with E-state index in [0.29, 0.717) is 18.2 Å². The molecule has 0 aliphatic carbocycles. The molecular formula is C21H18N4O2S. The van der Waals surface area contributed by atoms with E-state index < -0.39 is 5.69 Å². The van der Waals surface area contributed by atoms with Crippen LogP contribution in [0.1, 0.15) is 0 Å². The molecule has 28 heavy (non-hydrogen) atoms. The molecule has 2 N–H and O–H groups in total. The zero-order valence-electron chi connectivity index (χ0n) is 14.9. The highest BCUT2D eigenvalue weighted by molar-refractivity contribution is 7.18. The second kappa shape index (κ2) is 8.16. The van der Waals surface area contributed by atoms with Gasteiger partial charge in [-0.25, -0.2) is 9.78 Å². The first-order valence-corrected chi connectivity index (χ1v) is 9.64. The van der Waals surface area contributed by atoms with Crippen molar-refractivity contribution >= 4 is 17.2 Å². The lowest BCUT2D eigenvalue weighted by Gasteiger charge is -2.07. The number of rotatable bonds is 6. The second-order valence-electron chi connectivity index (χ2n) is 6.02. The van der Waals surface area contributed by atoms with E-state index in [2.05, 4.69) is 10.3 Å². The molecule has 4 aromatic rings. The fraction of sp³-hybridized carbons (Fsp3) is 0.0952. The van der Waals surface area contributed by atoms with Crippen LogP contribution in [0, 0.1) is 0 Å². The Morgan fingerprint density at radius 2 is 1.61 bits per heavy atom. The molecular weight excluding hydrogens is 372 g/mol. The summed E-state index contributed by atoms with van der Waals surface area (Å²) in [5, 5.41) is 12.7. The molecule has 0 saturated heterocycles. The highest BCUT2D eigenvalue weighted by Gasteiger charge is 2.17. The maximum Gasteiger partial charge on any atom is 0.355 e. The number of hydrogen-bond acceptors (Lipinski definition) is 6. The van der Waals surface area contributed by atoms with Crippen molar-refractivity contribution in [3.05, 3.63) is 83.4 Å². The van der Waals surface area contributed by atoms with Gasteiger partial charge in [0.25, 0.3) is 0 Å². The molecule has 2 heterocycles. The Bertz CT molecular complexity index is 1120. The monoisotopic (exact) mass is 390 g/mol. The minimum absolute atomic E-state index is 0.0323. The molecule has 0 spiro atoms. The van der Waals surface area contributed by atoms with Crippen molar-refractivity contribution in [3.63, 3.8) is 0 Å². The van der Waals surface area contributed by atoms with Crippen molar-refractivity contribution in [1.82, 2.24) is 14.5 Å². The average Bonchev–Trinajstić information content (AvgIpc) is 3.19. The number of aliphatic hydroxyl groups is 1. The Balaban J connectivity index is 1.84. The summed E-state index contributed by atoms with van der Waals surface area (Å²) in [5.74, 6) is 0.983. The number of nitrogens with one attached hydrogen (secondary N) is 1. The maximum absolute atomic E-state index is 12.6. The number of aliphatic hydroxyl groups excluding tert-OH is 1. The zero-order valence-corrected chi connectivity index (χ0v) is 15.8. The Labute approximate surface area is 165 Å². The normalized spacial score (nSPS) is 10.8. The standard InChI is InChI=1S/C21H18N4O2S/c26-14-12-22-17-11-13-25(21(27)23-17)19-18(15-7-3-1-4-8-15)28-20(24-19)16-9-5-2-6-10-16/h1-11,13,26H,12,14H2,(H,22,23,27). The molecule has 0 radical (unpaired) electrons. The summed E-state index contributed by atoms with van der Waals surface area (Å²) < 4.78 is 1.45. The van der Waals surface area contributed by atoms with Gasteiger partial charge >= 0.3 is 5.69 Å². The third-order valence-electron chi connectivity index (χ3n) is 4.12. The van der Waals surface area contributed by atoms with Crippen molar-refractivity contribution in [2.45, 2.75) is 0 Å². The SMILES string of the molecule is O=c1nc(NCCO)ccn1-c1nc(-c2ccccc2)sc1-c1ccccc1. The van der Waals surface area contributed by atoms with Gasteiger partial charge in [-0.1, -0.05) is 60.7 Å². The first kappa shape index (κ1) is 18.1. The van der Waals surface area contributed by atoms with E-state index in [4.69, 9.17) is 10.1 Å². The average molecular weight is 390 g/mol. The van der Waals surface area contributed by atoms with Gasteiger partial charge in [0, 0.05) is 18.3 Å².